The quantitative estimate of drug-likeness (QED) is 0.631. The largest absolute Gasteiger partial charge is 0.379 e. The van der Waals surface area contributed by atoms with Gasteiger partial charge in [-0.1, -0.05) is 30.3 Å². The summed E-state index contributed by atoms with van der Waals surface area (Å²) < 4.78 is 5.45. The molecule has 1 aromatic carbocycles. The van der Waals surface area contributed by atoms with E-state index in [1.165, 1.54) is 11.1 Å². The molecule has 1 amide bonds. The number of hydrogen-bond acceptors (Lipinski definition) is 4. The van der Waals surface area contributed by atoms with Crippen LogP contribution in [-0.4, -0.2) is 60.2 Å². The average molecular weight is 429 g/mol. The number of benzene rings is 1. The Labute approximate surface area is 188 Å². The molecule has 0 atom stereocenters. The second-order valence-electron chi connectivity index (χ2n) is 8.29. The Bertz CT molecular complexity index is 1130. The molecular formula is C26H28N4O2. The first-order valence-electron chi connectivity index (χ1n) is 11.3. The van der Waals surface area contributed by atoms with Crippen LogP contribution in [0.25, 0.3) is 23.4 Å². The number of nitrogens with one attached hydrogen (secondary N) is 2. The molecule has 1 fully saturated rings. The molecule has 2 aromatic heterocycles. The number of H-pyrrole nitrogens is 1. The maximum Gasteiger partial charge on any atom is 0.253 e. The lowest BCUT2D eigenvalue weighted by atomic mass is 10.0. The average Bonchev–Trinajstić information content (AvgIpc) is 3.29. The third-order valence-electron chi connectivity index (χ3n) is 6.19. The summed E-state index contributed by atoms with van der Waals surface area (Å²) in [6.45, 7) is 5.42. The van der Waals surface area contributed by atoms with Crippen molar-refractivity contribution >= 4 is 18.1 Å². The topological polar surface area (TPSA) is 70.2 Å². The van der Waals surface area contributed by atoms with Gasteiger partial charge in [-0.15, -0.1) is 0 Å². The predicted molar refractivity (Wildman–Crippen MR) is 126 cm³/mol. The Hall–Kier alpha value is -3.22. The Balaban J connectivity index is 1.32. The third-order valence-corrected chi connectivity index (χ3v) is 6.19. The number of nitrogens with zero attached hydrogens (tertiary/aromatic N) is 2. The second kappa shape index (κ2) is 9.51. The van der Waals surface area contributed by atoms with Crippen LogP contribution in [0.4, 0.5) is 0 Å². The van der Waals surface area contributed by atoms with Gasteiger partial charge in [0.1, 0.15) is 0 Å². The zero-order valence-corrected chi connectivity index (χ0v) is 18.1. The molecule has 0 spiro atoms. The minimum atomic E-state index is -0.00314. The van der Waals surface area contributed by atoms with Gasteiger partial charge >= 0.3 is 0 Å². The molecular weight excluding hydrogens is 400 g/mol. The van der Waals surface area contributed by atoms with Crippen LogP contribution in [0.2, 0.25) is 0 Å². The molecule has 2 aliphatic rings. The van der Waals surface area contributed by atoms with E-state index in [-0.39, 0.29) is 5.91 Å². The number of amides is 1. The van der Waals surface area contributed by atoms with Gasteiger partial charge in [-0.25, -0.2) is 0 Å². The standard InChI is InChI=1S/C26H28N4O2/c31-26-23-18-25(29-24(23)8-11-28-26)21-7-10-27-22(17-21)6-5-19-3-1-2-4-20(19)9-12-30-13-15-32-16-14-30/h1-7,10,17-18,29H,8-9,11-16H2,(H,28,31)/b6-5+. The van der Waals surface area contributed by atoms with Crippen molar-refractivity contribution in [3.8, 4) is 11.3 Å². The van der Waals surface area contributed by atoms with Crippen LogP contribution in [0.3, 0.4) is 0 Å². The van der Waals surface area contributed by atoms with E-state index in [1.54, 1.807) is 0 Å². The van der Waals surface area contributed by atoms with Crippen molar-refractivity contribution < 1.29 is 9.53 Å². The lowest BCUT2D eigenvalue weighted by molar-refractivity contribution is 0.0384. The second-order valence-corrected chi connectivity index (χ2v) is 8.29. The number of pyridine rings is 1. The highest BCUT2D eigenvalue weighted by atomic mass is 16.5. The number of hydrogen-bond donors (Lipinski definition) is 2. The fraction of sp³-hybridized carbons (Fsp3) is 0.308. The van der Waals surface area contributed by atoms with Crippen LogP contribution >= 0.6 is 0 Å². The number of rotatable bonds is 6. The van der Waals surface area contributed by atoms with Crippen molar-refractivity contribution in [1.82, 2.24) is 20.2 Å². The molecule has 3 aromatic rings. The zero-order valence-electron chi connectivity index (χ0n) is 18.1. The number of morpholine rings is 1. The molecule has 0 saturated carbocycles. The van der Waals surface area contributed by atoms with E-state index in [0.717, 1.165) is 73.9 Å². The van der Waals surface area contributed by atoms with Gasteiger partial charge in [-0.05, 0) is 41.8 Å². The monoisotopic (exact) mass is 428 g/mol. The lowest BCUT2D eigenvalue weighted by Crippen LogP contribution is -2.37. The first kappa shape index (κ1) is 20.7. The van der Waals surface area contributed by atoms with Crippen molar-refractivity contribution in [3.05, 3.63) is 76.7 Å². The van der Waals surface area contributed by atoms with Crippen LogP contribution in [0.1, 0.15) is 32.9 Å². The Morgan fingerprint density at radius 2 is 1.97 bits per heavy atom. The molecule has 4 heterocycles. The molecule has 0 bridgehead atoms. The van der Waals surface area contributed by atoms with Crippen molar-refractivity contribution in [3.63, 3.8) is 0 Å². The predicted octanol–water partition coefficient (Wildman–Crippen LogP) is 3.41. The van der Waals surface area contributed by atoms with Gasteiger partial charge in [0.2, 0.25) is 0 Å². The first-order valence-corrected chi connectivity index (χ1v) is 11.3. The molecule has 6 heteroatoms. The minimum absolute atomic E-state index is 0.00314. The highest BCUT2D eigenvalue weighted by Gasteiger charge is 2.20. The van der Waals surface area contributed by atoms with Crippen LogP contribution in [0.15, 0.2) is 48.7 Å². The van der Waals surface area contributed by atoms with Crippen molar-refractivity contribution in [2.45, 2.75) is 12.8 Å². The summed E-state index contributed by atoms with van der Waals surface area (Å²) in [4.78, 5) is 22.5. The number of ether oxygens (including phenoxy) is 1. The highest BCUT2D eigenvalue weighted by molar-refractivity contribution is 5.97. The summed E-state index contributed by atoms with van der Waals surface area (Å²) in [5.41, 5.74) is 7.19. The van der Waals surface area contributed by atoms with Gasteiger partial charge in [0, 0.05) is 55.7 Å². The summed E-state index contributed by atoms with van der Waals surface area (Å²) in [6, 6.07) is 14.5. The summed E-state index contributed by atoms with van der Waals surface area (Å²) in [6.07, 6.45) is 7.88. The number of aromatic amines is 1. The fourth-order valence-electron chi connectivity index (χ4n) is 4.36. The molecule has 0 unspecified atom stereocenters. The number of fused-ring (bicyclic) bond motifs is 1. The fourth-order valence-corrected chi connectivity index (χ4v) is 4.36. The van der Waals surface area contributed by atoms with Crippen molar-refractivity contribution in [2.24, 2.45) is 0 Å². The first-order chi connectivity index (χ1) is 15.8. The van der Waals surface area contributed by atoms with Crippen LogP contribution < -0.4 is 5.32 Å². The minimum Gasteiger partial charge on any atom is -0.379 e. The molecule has 32 heavy (non-hydrogen) atoms. The summed E-state index contributed by atoms with van der Waals surface area (Å²) in [7, 11) is 0. The molecule has 2 N–H and O–H groups in total. The Kier molecular flexibility index (Phi) is 6.14. The van der Waals surface area contributed by atoms with E-state index in [4.69, 9.17) is 4.74 Å². The van der Waals surface area contributed by atoms with E-state index in [9.17, 15) is 4.79 Å². The summed E-state index contributed by atoms with van der Waals surface area (Å²) in [5.74, 6) is -0.00314. The molecule has 2 aliphatic heterocycles. The maximum absolute atomic E-state index is 12.1. The van der Waals surface area contributed by atoms with Gasteiger partial charge in [0.25, 0.3) is 5.91 Å². The zero-order chi connectivity index (χ0) is 21.8. The summed E-state index contributed by atoms with van der Waals surface area (Å²) >= 11 is 0. The lowest BCUT2D eigenvalue weighted by Gasteiger charge is -2.26. The van der Waals surface area contributed by atoms with Gasteiger partial charge in [-0.3, -0.25) is 14.7 Å². The van der Waals surface area contributed by atoms with Gasteiger partial charge in [0.15, 0.2) is 0 Å². The van der Waals surface area contributed by atoms with Crippen molar-refractivity contribution in [1.29, 1.82) is 0 Å². The highest BCUT2D eigenvalue weighted by Crippen LogP contribution is 2.25. The molecule has 1 saturated heterocycles. The Morgan fingerprint density at radius 1 is 1.09 bits per heavy atom. The van der Waals surface area contributed by atoms with E-state index >= 15 is 0 Å². The van der Waals surface area contributed by atoms with E-state index < -0.39 is 0 Å². The number of carbonyl (C=O) groups excluding carboxylic acids is 1. The molecule has 5 rings (SSSR count). The van der Waals surface area contributed by atoms with Crippen molar-refractivity contribution in [2.75, 3.05) is 39.4 Å². The van der Waals surface area contributed by atoms with Gasteiger partial charge in [-0.2, -0.15) is 0 Å². The van der Waals surface area contributed by atoms with E-state index in [1.807, 2.05) is 18.3 Å². The third kappa shape index (κ3) is 4.66. The van der Waals surface area contributed by atoms with Crippen LogP contribution in [-0.2, 0) is 17.6 Å². The maximum atomic E-state index is 12.1. The SMILES string of the molecule is O=C1NCCc2[nH]c(-c3ccnc(/C=C/c4ccccc4CCN4CCOCC4)c3)cc21. The molecule has 164 valence electrons. The Morgan fingerprint density at radius 3 is 2.84 bits per heavy atom. The van der Waals surface area contributed by atoms with Gasteiger partial charge < -0.3 is 15.0 Å². The normalized spacial score (nSPS) is 16.8. The number of aromatic nitrogens is 2. The van der Waals surface area contributed by atoms with E-state index in [2.05, 4.69) is 62.7 Å². The van der Waals surface area contributed by atoms with Gasteiger partial charge in [0.05, 0.1) is 24.5 Å². The number of carbonyl (C=O) groups is 1. The molecule has 0 aliphatic carbocycles. The summed E-state index contributed by atoms with van der Waals surface area (Å²) in [5, 5.41) is 2.90. The van der Waals surface area contributed by atoms with E-state index in [0.29, 0.717) is 6.54 Å². The van der Waals surface area contributed by atoms with Crippen LogP contribution in [0.5, 0.6) is 0 Å². The van der Waals surface area contributed by atoms with Crippen LogP contribution in [0, 0.1) is 0 Å². The molecule has 0 radical (unpaired) electrons. The smallest absolute Gasteiger partial charge is 0.253 e. The molecule has 6 nitrogen and oxygen atoms in total.